The number of nitrogens with zero attached hydrogens (tertiary/aromatic N) is 4. The summed E-state index contributed by atoms with van der Waals surface area (Å²) in [5.74, 6) is 1.79. The first-order chi connectivity index (χ1) is 10.5. The van der Waals surface area contributed by atoms with Crippen molar-refractivity contribution in [2.24, 2.45) is 0 Å². The fraction of sp³-hybridized carbons (Fsp3) is 0.400. The van der Waals surface area contributed by atoms with Crippen molar-refractivity contribution in [1.82, 2.24) is 19.9 Å². The first-order valence-electron chi connectivity index (χ1n) is 6.85. The summed E-state index contributed by atoms with van der Waals surface area (Å²) < 4.78 is 10.4. The zero-order chi connectivity index (χ0) is 16.1. The van der Waals surface area contributed by atoms with Crippen LogP contribution in [-0.2, 0) is 11.3 Å². The summed E-state index contributed by atoms with van der Waals surface area (Å²) in [7, 11) is 6.91. The molecule has 0 aliphatic carbocycles. The number of carbonyl (C=O) groups excluding carboxylic acids is 1. The molecule has 0 saturated heterocycles. The normalized spacial score (nSPS) is 10.8. The molecule has 1 aromatic carbocycles. The van der Waals surface area contributed by atoms with Gasteiger partial charge in [0.15, 0.2) is 5.82 Å². The van der Waals surface area contributed by atoms with Crippen LogP contribution in [0.3, 0.4) is 0 Å². The molecule has 0 aliphatic heterocycles. The molecule has 1 amide bonds. The van der Waals surface area contributed by atoms with Gasteiger partial charge in [0.1, 0.15) is 5.75 Å². The summed E-state index contributed by atoms with van der Waals surface area (Å²) in [6.45, 7) is 0.749. The number of hydrogen-bond donors (Lipinski definition) is 0. The predicted molar refractivity (Wildman–Crippen MR) is 81.3 cm³/mol. The molecule has 0 aliphatic rings. The van der Waals surface area contributed by atoms with Crippen LogP contribution in [0.15, 0.2) is 28.8 Å². The van der Waals surface area contributed by atoms with Gasteiger partial charge in [-0.05, 0) is 31.3 Å². The molecule has 0 atom stereocenters. The van der Waals surface area contributed by atoms with E-state index < -0.39 is 0 Å². The van der Waals surface area contributed by atoms with Gasteiger partial charge in [0.05, 0.1) is 20.2 Å². The molecule has 0 N–H and O–H groups in total. The summed E-state index contributed by atoms with van der Waals surface area (Å²) in [5.41, 5.74) is 0.826. The highest BCUT2D eigenvalue weighted by Gasteiger charge is 2.13. The first-order valence-corrected chi connectivity index (χ1v) is 6.85. The van der Waals surface area contributed by atoms with Gasteiger partial charge < -0.3 is 14.2 Å². The number of rotatable bonds is 6. The maximum atomic E-state index is 11.6. The second-order valence-corrected chi connectivity index (χ2v) is 5.20. The fourth-order valence-corrected chi connectivity index (χ4v) is 1.84. The first kappa shape index (κ1) is 16.0. The second-order valence-electron chi connectivity index (χ2n) is 5.20. The van der Waals surface area contributed by atoms with Crippen molar-refractivity contribution in [3.8, 4) is 17.2 Å². The molecular formula is C15H20N4O3. The Morgan fingerprint density at radius 2 is 1.91 bits per heavy atom. The number of ether oxygens (including phenoxy) is 1. The maximum absolute atomic E-state index is 11.6. The molecule has 2 aromatic rings. The van der Waals surface area contributed by atoms with E-state index >= 15 is 0 Å². The second kappa shape index (κ2) is 7.04. The number of aromatic nitrogens is 2. The van der Waals surface area contributed by atoms with Crippen molar-refractivity contribution >= 4 is 5.91 Å². The van der Waals surface area contributed by atoms with Crippen LogP contribution in [0.2, 0.25) is 0 Å². The van der Waals surface area contributed by atoms with E-state index in [1.807, 2.05) is 36.2 Å². The average molecular weight is 304 g/mol. The molecule has 0 fully saturated rings. The van der Waals surface area contributed by atoms with E-state index in [2.05, 4.69) is 10.1 Å². The Balaban J connectivity index is 2.00. The lowest BCUT2D eigenvalue weighted by Gasteiger charge is -2.16. The number of amides is 1. The van der Waals surface area contributed by atoms with Gasteiger partial charge in [-0.2, -0.15) is 4.98 Å². The van der Waals surface area contributed by atoms with Gasteiger partial charge in [-0.25, -0.2) is 0 Å². The molecule has 22 heavy (non-hydrogen) atoms. The highest BCUT2D eigenvalue weighted by Crippen LogP contribution is 2.20. The number of methoxy groups -OCH3 is 1. The molecule has 0 unspecified atom stereocenters. The summed E-state index contributed by atoms with van der Waals surface area (Å²) in [5, 5.41) is 3.94. The Hall–Kier alpha value is -2.41. The summed E-state index contributed by atoms with van der Waals surface area (Å²) in [6.07, 6.45) is 0. The zero-order valence-corrected chi connectivity index (χ0v) is 13.2. The van der Waals surface area contributed by atoms with E-state index in [0.717, 1.165) is 11.3 Å². The smallest absolute Gasteiger partial charge is 0.257 e. The van der Waals surface area contributed by atoms with Crippen LogP contribution in [0, 0.1) is 0 Å². The van der Waals surface area contributed by atoms with E-state index in [0.29, 0.717) is 24.8 Å². The van der Waals surface area contributed by atoms with E-state index in [1.165, 1.54) is 0 Å². The monoisotopic (exact) mass is 304 g/mol. The highest BCUT2D eigenvalue weighted by atomic mass is 16.5. The van der Waals surface area contributed by atoms with Crippen LogP contribution in [-0.4, -0.2) is 60.6 Å². The molecule has 0 radical (unpaired) electrons. The van der Waals surface area contributed by atoms with Gasteiger partial charge >= 0.3 is 0 Å². The molecule has 0 saturated carbocycles. The predicted octanol–water partition coefficient (Wildman–Crippen LogP) is 1.27. The number of carbonyl (C=O) groups is 1. The van der Waals surface area contributed by atoms with Gasteiger partial charge in [-0.1, -0.05) is 5.16 Å². The van der Waals surface area contributed by atoms with E-state index in [4.69, 9.17) is 9.26 Å². The SMILES string of the molecule is COc1ccc(-c2nc(CN(C)CC(=O)N(C)C)no2)cc1. The van der Waals surface area contributed by atoms with Gasteiger partial charge in [0.2, 0.25) is 5.91 Å². The van der Waals surface area contributed by atoms with Crippen LogP contribution in [0.25, 0.3) is 11.5 Å². The topological polar surface area (TPSA) is 71.7 Å². The minimum atomic E-state index is 0.0290. The Labute approximate surface area is 129 Å². The summed E-state index contributed by atoms with van der Waals surface area (Å²) >= 11 is 0. The van der Waals surface area contributed by atoms with Crippen LogP contribution in [0.4, 0.5) is 0 Å². The van der Waals surface area contributed by atoms with Crippen LogP contribution < -0.4 is 4.74 Å². The third kappa shape index (κ3) is 4.05. The van der Waals surface area contributed by atoms with Gasteiger partial charge in [0.25, 0.3) is 5.89 Å². The maximum Gasteiger partial charge on any atom is 0.257 e. The Morgan fingerprint density at radius 1 is 1.23 bits per heavy atom. The highest BCUT2D eigenvalue weighted by molar-refractivity contribution is 5.77. The van der Waals surface area contributed by atoms with Crippen LogP contribution >= 0.6 is 0 Å². The molecule has 118 valence electrons. The quantitative estimate of drug-likeness (QED) is 0.800. The molecule has 7 heteroatoms. The number of likely N-dealkylation sites (N-methyl/N-ethyl adjacent to an activating group) is 2. The molecular weight excluding hydrogens is 284 g/mol. The van der Waals surface area contributed by atoms with Crippen molar-refractivity contribution in [3.05, 3.63) is 30.1 Å². The number of benzene rings is 1. The van der Waals surface area contributed by atoms with Crippen molar-refractivity contribution in [2.75, 3.05) is 34.8 Å². The Bertz CT molecular complexity index is 622. The van der Waals surface area contributed by atoms with E-state index in [1.54, 1.807) is 26.1 Å². The molecule has 0 bridgehead atoms. The lowest BCUT2D eigenvalue weighted by molar-refractivity contribution is -0.129. The molecule has 0 spiro atoms. The third-order valence-electron chi connectivity index (χ3n) is 3.12. The van der Waals surface area contributed by atoms with Crippen molar-refractivity contribution in [1.29, 1.82) is 0 Å². The van der Waals surface area contributed by atoms with Crippen molar-refractivity contribution < 1.29 is 14.1 Å². The fourth-order valence-electron chi connectivity index (χ4n) is 1.84. The molecule has 1 aromatic heterocycles. The van der Waals surface area contributed by atoms with Crippen molar-refractivity contribution in [3.63, 3.8) is 0 Å². The largest absolute Gasteiger partial charge is 0.497 e. The zero-order valence-electron chi connectivity index (χ0n) is 13.2. The van der Waals surface area contributed by atoms with E-state index in [9.17, 15) is 4.79 Å². The van der Waals surface area contributed by atoms with Crippen molar-refractivity contribution in [2.45, 2.75) is 6.54 Å². The standard InChI is InChI=1S/C15H20N4O3/c1-18(2)14(20)10-19(3)9-13-16-15(22-17-13)11-5-7-12(21-4)8-6-11/h5-8H,9-10H2,1-4H3. The summed E-state index contributed by atoms with van der Waals surface area (Å²) in [6, 6.07) is 7.38. The van der Waals surface area contributed by atoms with E-state index in [-0.39, 0.29) is 5.91 Å². The van der Waals surface area contributed by atoms with Gasteiger partial charge in [-0.15, -0.1) is 0 Å². The van der Waals surface area contributed by atoms with Gasteiger partial charge in [-0.3, -0.25) is 9.69 Å². The average Bonchev–Trinajstić information content (AvgIpc) is 2.95. The van der Waals surface area contributed by atoms with Crippen LogP contribution in [0.1, 0.15) is 5.82 Å². The minimum absolute atomic E-state index is 0.0290. The van der Waals surface area contributed by atoms with Crippen LogP contribution in [0.5, 0.6) is 5.75 Å². The molecule has 7 nitrogen and oxygen atoms in total. The minimum Gasteiger partial charge on any atom is -0.497 e. The lowest BCUT2D eigenvalue weighted by Crippen LogP contribution is -2.34. The molecule has 1 heterocycles. The Kier molecular flexibility index (Phi) is 5.11. The van der Waals surface area contributed by atoms with Gasteiger partial charge in [0, 0.05) is 19.7 Å². The Morgan fingerprint density at radius 3 is 2.50 bits per heavy atom. The third-order valence-corrected chi connectivity index (χ3v) is 3.12. The summed E-state index contributed by atoms with van der Waals surface area (Å²) in [4.78, 5) is 19.4. The lowest BCUT2D eigenvalue weighted by atomic mass is 10.2. The number of hydrogen-bond acceptors (Lipinski definition) is 6. The molecule has 2 rings (SSSR count).